The van der Waals surface area contributed by atoms with Gasteiger partial charge in [-0.2, -0.15) is 0 Å². The van der Waals surface area contributed by atoms with Crippen LogP contribution >= 0.6 is 0 Å². The number of nitrogens with zero attached hydrogens (tertiary/aromatic N) is 3. The fourth-order valence-corrected chi connectivity index (χ4v) is 3.87. The van der Waals surface area contributed by atoms with Crippen molar-refractivity contribution >= 4 is 5.91 Å². The molecule has 4 rings (SSSR count). The number of hydrogen-bond donors (Lipinski definition) is 0. The van der Waals surface area contributed by atoms with Crippen LogP contribution in [-0.4, -0.2) is 40.1 Å². The maximum absolute atomic E-state index is 12.8. The lowest BCUT2D eigenvalue weighted by Crippen LogP contribution is -2.44. The number of benzene rings is 1. The second-order valence-electron chi connectivity index (χ2n) is 6.82. The first-order valence-electron chi connectivity index (χ1n) is 8.69. The number of piperidine rings is 1. The summed E-state index contributed by atoms with van der Waals surface area (Å²) in [5.74, 6) is 2.71. The summed E-state index contributed by atoms with van der Waals surface area (Å²) in [7, 11) is 2.04. The second-order valence-corrected chi connectivity index (χ2v) is 6.82. The van der Waals surface area contributed by atoms with Crippen LogP contribution in [0, 0.1) is 5.92 Å². The summed E-state index contributed by atoms with van der Waals surface area (Å²) in [4.78, 5) is 19.3. The van der Waals surface area contributed by atoms with Gasteiger partial charge >= 0.3 is 0 Å². The van der Waals surface area contributed by atoms with E-state index in [2.05, 4.69) is 15.6 Å². The Bertz CT molecular complexity index is 732. The quantitative estimate of drug-likeness (QED) is 0.852. The number of likely N-dealkylation sites (tertiary alicyclic amines) is 1. The van der Waals surface area contributed by atoms with E-state index >= 15 is 0 Å². The van der Waals surface area contributed by atoms with Crippen molar-refractivity contribution in [3.8, 4) is 5.75 Å². The second kappa shape index (κ2) is 6.30. The third kappa shape index (κ3) is 2.79. The number of para-hydroxylation sites is 1. The number of carbonyl (C=O) groups excluding carboxylic acids is 1. The number of aromatic nitrogens is 2. The van der Waals surface area contributed by atoms with E-state index in [9.17, 15) is 4.79 Å². The summed E-state index contributed by atoms with van der Waals surface area (Å²) in [6.07, 6.45) is 6.60. The highest BCUT2D eigenvalue weighted by Crippen LogP contribution is 2.30. The number of hydrogen-bond acceptors (Lipinski definition) is 3. The predicted molar refractivity (Wildman–Crippen MR) is 90.9 cm³/mol. The van der Waals surface area contributed by atoms with Crippen LogP contribution in [-0.2, 0) is 18.3 Å². The minimum Gasteiger partial charge on any atom is -0.492 e. The van der Waals surface area contributed by atoms with Crippen molar-refractivity contribution in [1.82, 2.24) is 14.5 Å². The molecule has 0 N–H and O–H groups in total. The van der Waals surface area contributed by atoms with Crippen LogP contribution < -0.4 is 4.74 Å². The van der Waals surface area contributed by atoms with E-state index in [1.54, 1.807) is 0 Å². The third-order valence-electron chi connectivity index (χ3n) is 5.26. The van der Waals surface area contributed by atoms with Crippen LogP contribution in [0.1, 0.15) is 30.1 Å². The van der Waals surface area contributed by atoms with E-state index in [1.165, 1.54) is 0 Å². The Balaban J connectivity index is 1.38. The SMILES string of the molecule is Cn1ccnc1C1CCN(C(=O)[C@@H]2COc3ccccc3C2)CC1. The Kier molecular flexibility index (Phi) is 4.00. The van der Waals surface area contributed by atoms with Gasteiger partial charge in [-0.25, -0.2) is 4.98 Å². The lowest BCUT2D eigenvalue weighted by atomic mass is 9.92. The number of fused-ring (bicyclic) bond motifs is 1. The number of aryl methyl sites for hydroxylation is 1. The first-order valence-corrected chi connectivity index (χ1v) is 8.69. The van der Waals surface area contributed by atoms with Crippen LogP contribution in [0.25, 0.3) is 0 Å². The van der Waals surface area contributed by atoms with Crippen molar-refractivity contribution in [2.75, 3.05) is 19.7 Å². The van der Waals surface area contributed by atoms with Gasteiger partial charge in [0.1, 0.15) is 18.2 Å². The molecule has 1 saturated heterocycles. The van der Waals surface area contributed by atoms with E-state index in [4.69, 9.17) is 4.74 Å². The first kappa shape index (κ1) is 15.2. The van der Waals surface area contributed by atoms with Crippen molar-refractivity contribution in [1.29, 1.82) is 0 Å². The molecular weight excluding hydrogens is 302 g/mol. The average molecular weight is 325 g/mol. The fourth-order valence-electron chi connectivity index (χ4n) is 3.87. The molecule has 1 atom stereocenters. The molecule has 0 aliphatic carbocycles. The Morgan fingerprint density at radius 2 is 2.04 bits per heavy atom. The number of carbonyl (C=O) groups is 1. The van der Waals surface area contributed by atoms with Gasteiger partial charge in [0.2, 0.25) is 5.91 Å². The van der Waals surface area contributed by atoms with E-state index in [-0.39, 0.29) is 11.8 Å². The molecule has 0 saturated carbocycles. The Hall–Kier alpha value is -2.30. The van der Waals surface area contributed by atoms with E-state index in [1.807, 2.05) is 42.5 Å². The Labute approximate surface area is 142 Å². The van der Waals surface area contributed by atoms with E-state index in [0.29, 0.717) is 12.5 Å². The molecule has 2 aliphatic heterocycles. The Morgan fingerprint density at radius 3 is 2.79 bits per heavy atom. The highest BCUT2D eigenvalue weighted by atomic mass is 16.5. The number of ether oxygens (including phenoxy) is 1. The van der Waals surface area contributed by atoms with Gasteiger partial charge in [0, 0.05) is 38.4 Å². The van der Waals surface area contributed by atoms with Gasteiger partial charge in [0.05, 0.1) is 5.92 Å². The molecule has 3 heterocycles. The standard InChI is InChI=1S/C19H23N3O2/c1-21-11-8-20-18(21)14-6-9-22(10-7-14)19(23)16-12-15-4-2-3-5-17(15)24-13-16/h2-5,8,11,14,16H,6-7,9-10,12-13H2,1H3/t16-/m0/s1. The summed E-state index contributed by atoms with van der Waals surface area (Å²) in [5, 5.41) is 0. The lowest BCUT2D eigenvalue weighted by molar-refractivity contribution is -0.138. The molecule has 1 amide bonds. The van der Waals surface area contributed by atoms with Crippen LogP contribution in [0.5, 0.6) is 5.75 Å². The first-order chi connectivity index (χ1) is 11.7. The van der Waals surface area contributed by atoms with Crippen LogP contribution in [0.15, 0.2) is 36.7 Å². The summed E-state index contributed by atoms with van der Waals surface area (Å²) in [6.45, 7) is 2.12. The minimum atomic E-state index is -0.0513. The molecule has 0 unspecified atom stereocenters. The smallest absolute Gasteiger partial charge is 0.229 e. The summed E-state index contributed by atoms with van der Waals surface area (Å²) >= 11 is 0. The maximum Gasteiger partial charge on any atom is 0.229 e. The molecule has 126 valence electrons. The van der Waals surface area contributed by atoms with Crippen molar-refractivity contribution in [3.05, 3.63) is 48.0 Å². The number of imidazole rings is 1. The van der Waals surface area contributed by atoms with Crippen molar-refractivity contribution in [2.24, 2.45) is 13.0 Å². The zero-order valence-corrected chi connectivity index (χ0v) is 14.0. The molecule has 1 fully saturated rings. The van der Waals surface area contributed by atoms with Gasteiger partial charge in [-0.05, 0) is 30.9 Å². The minimum absolute atomic E-state index is 0.0513. The predicted octanol–water partition coefficient (Wildman–Crippen LogP) is 2.38. The van der Waals surface area contributed by atoms with E-state index < -0.39 is 0 Å². The van der Waals surface area contributed by atoms with Crippen LogP contribution in [0.3, 0.4) is 0 Å². The molecule has 2 aromatic rings. The monoisotopic (exact) mass is 325 g/mol. The molecule has 5 nitrogen and oxygen atoms in total. The molecule has 0 spiro atoms. The molecule has 0 bridgehead atoms. The summed E-state index contributed by atoms with van der Waals surface area (Å²) in [5.41, 5.74) is 1.14. The zero-order valence-electron chi connectivity index (χ0n) is 14.0. The number of amides is 1. The molecular formula is C19H23N3O2. The largest absolute Gasteiger partial charge is 0.492 e. The van der Waals surface area contributed by atoms with Gasteiger partial charge in [-0.3, -0.25) is 4.79 Å². The van der Waals surface area contributed by atoms with Crippen molar-refractivity contribution in [3.63, 3.8) is 0 Å². The zero-order chi connectivity index (χ0) is 16.5. The highest BCUT2D eigenvalue weighted by molar-refractivity contribution is 5.80. The van der Waals surface area contributed by atoms with Crippen LogP contribution in [0.2, 0.25) is 0 Å². The molecule has 1 aromatic heterocycles. The molecule has 24 heavy (non-hydrogen) atoms. The van der Waals surface area contributed by atoms with Crippen molar-refractivity contribution in [2.45, 2.75) is 25.2 Å². The summed E-state index contributed by atoms with van der Waals surface area (Å²) < 4.78 is 7.87. The molecule has 0 radical (unpaired) electrons. The molecule has 1 aromatic carbocycles. The van der Waals surface area contributed by atoms with Crippen molar-refractivity contribution < 1.29 is 9.53 Å². The lowest BCUT2D eigenvalue weighted by Gasteiger charge is -2.35. The summed E-state index contributed by atoms with van der Waals surface area (Å²) in [6, 6.07) is 8.02. The molecule has 5 heteroatoms. The number of rotatable bonds is 2. The van der Waals surface area contributed by atoms with Gasteiger partial charge in [0.15, 0.2) is 0 Å². The molecule has 2 aliphatic rings. The topological polar surface area (TPSA) is 47.4 Å². The maximum atomic E-state index is 12.8. The average Bonchev–Trinajstić information content (AvgIpc) is 3.07. The van der Waals surface area contributed by atoms with Gasteiger partial charge in [-0.1, -0.05) is 18.2 Å². The van der Waals surface area contributed by atoms with Gasteiger partial charge in [-0.15, -0.1) is 0 Å². The Morgan fingerprint density at radius 1 is 1.25 bits per heavy atom. The van der Waals surface area contributed by atoms with Gasteiger partial charge in [0.25, 0.3) is 0 Å². The fraction of sp³-hybridized carbons (Fsp3) is 0.474. The van der Waals surface area contributed by atoms with E-state index in [0.717, 1.165) is 49.5 Å². The van der Waals surface area contributed by atoms with Gasteiger partial charge < -0.3 is 14.2 Å². The normalized spacial score (nSPS) is 21.2. The highest BCUT2D eigenvalue weighted by Gasteiger charge is 2.32. The third-order valence-corrected chi connectivity index (χ3v) is 5.26. The van der Waals surface area contributed by atoms with Crippen LogP contribution in [0.4, 0.5) is 0 Å².